The maximum Gasteiger partial charge on any atom is 0.263 e. The van der Waals surface area contributed by atoms with E-state index in [1.54, 1.807) is 12.1 Å². The first-order chi connectivity index (χ1) is 11.4. The van der Waals surface area contributed by atoms with Crippen LogP contribution in [0.1, 0.15) is 0 Å². The molecule has 0 aliphatic carbocycles. The Hall–Kier alpha value is -2.32. The van der Waals surface area contributed by atoms with Crippen LogP contribution in [-0.4, -0.2) is 51.5 Å². The molecule has 0 saturated carbocycles. The van der Waals surface area contributed by atoms with Crippen LogP contribution in [-0.2, 0) is 10.0 Å². The number of aromatic nitrogens is 1. The second-order valence-corrected chi connectivity index (χ2v) is 7.51. The third-order valence-corrected chi connectivity index (χ3v) is 5.43. The molecule has 1 fully saturated rings. The van der Waals surface area contributed by atoms with Gasteiger partial charge in [0.1, 0.15) is 4.90 Å². The van der Waals surface area contributed by atoms with E-state index >= 15 is 0 Å². The molecule has 2 aromatic rings. The fourth-order valence-corrected chi connectivity index (χ4v) is 3.61. The zero-order chi connectivity index (χ0) is 17.2. The number of benzene rings is 1. The van der Waals surface area contributed by atoms with E-state index in [0.717, 1.165) is 31.9 Å². The zero-order valence-corrected chi connectivity index (χ0v) is 14.2. The van der Waals surface area contributed by atoms with Gasteiger partial charge in [0, 0.05) is 49.8 Å². The minimum Gasteiger partial charge on any atom is -0.369 e. The smallest absolute Gasteiger partial charge is 0.263 e. The van der Waals surface area contributed by atoms with Crippen LogP contribution in [0.3, 0.4) is 0 Å². The van der Waals surface area contributed by atoms with E-state index in [0.29, 0.717) is 5.69 Å². The summed E-state index contributed by atoms with van der Waals surface area (Å²) >= 11 is 0. The Morgan fingerprint density at radius 1 is 1.00 bits per heavy atom. The van der Waals surface area contributed by atoms with Gasteiger partial charge >= 0.3 is 0 Å². The molecule has 24 heavy (non-hydrogen) atoms. The third kappa shape index (κ3) is 3.77. The molecule has 1 aromatic heterocycles. The first-order valence-corrected chi connectivity index (χ1v) is 9.17. The predicted octanol–water partition coefficient (Wildman–Crippen LogP) is 0.927. The molecule has 3 rings (SSSR count). The van der Waals surface area contributed by atoms with Crippen LogP contribution < -0.4 is 15.2 Å². The lowest BCUT2D eigenvalue weighted by molar-refractivity contribution is 0.313. The third-order valence-electron chi connectivity index (χ3n) is 4.05. The van der Waals surface area contributed by atoms with E-state index in [1.165, 1.54) is 18.3 Å². The number of rotatable bonds is 4. The first kappa shape index (κ1) is 16.5. The van der Waals surface area contributed by atoms with Gasteiger partial charge in [0.25, 0.3) is 10.0 Å². The van der Waals surface area contributed by atoms with Crippen molar-refractivity contribution in [1.82, 2.24) is 9.88 Å². The molecule has 0 atom stereocenters. The average molecular weight is 348 g/mol. The van der Waals surface area contributed by atoms with Crippen LogP contribution in [0.25, 0.3) is 0 Å². The van der Waals surface area contributed by atoms with Gasteiger partial charge in [0.15, 0.2) is 0 Å². The van der Waals surface area contributed by atoms with Gasteiger partial charge in [-0.15, -0.1) is 0 Å². The Balaban J connectivity index is 1.72. The molecule has 1 aliphatic heterocycles. The molecule has 0 radical (unpaired) electrons. The number of nitrogens with one attached hydrogen (secondary N) is 2. The Morgan fingerprint density at radius 2 is 1.67 bits per heavy atom. The standard InChI is InChI=1S/C16H20N4O3S/c1-19-8-10-20(11-9-19)14-4-2-13(3-5-14)18-24(22,23)15-6-7-16(21)17-12-15/h2-7,12,18H,8-11H2,1H3,(H,17,21). The summed E-state index contributed by atoms with van der Waals surface area (Å²) in [6, 6.07) is 9.78. The number of pyridine rings is 1. The zero-order valence-electron chi connectivity index (χ0n) is 13.4. The fraction of sp³-hybridized carbons (Fsp3) is 0.312. The number of aromatic amines is 1. The molecule has 7 nitrogen and oxygen atoms in total. The molecular weight excluding hydrogens is 328 g/mol. The molecule has 0 amide bonds. The molecule has 8 heteroatoms. The predicted molar refractivity (Wildman–Crippen MR) is 94.0 cm³/mol. The molecular formula is C16H20N4O3S. The minimum atomic E-state index is -3.72. The molecule has 1 saturated heterocycles. The number of piperazine rings is 1. The van der Waals surface area contributed by atoms with Crippen molar-refractivity contribution in [2.45, 2.75) is 4.90 Å². The van der Waals surface area contributed by atoms with Gasteiger partial charge in [-0.3, -0.25) is 9.52 Å². The summed E-state index contributed by atoms with van der Waals surface area (Å²) in [5, 5.41) is 0. The summed E-state index contributed by atoms with van der Waals surface area (Å²) in [4.78, 5) is 18.0. The summed E-state index contributed by atoms with van der Waals surface area (Å²) < 4.78 is 27.1. The van der Waals surface area contributed by atoms with Crippen molar-refractivity contribution >= 4 is 21.4 Å². The van der Waals surface area contributed by atoms with Crippen LogP contribution in [0.15, 0.2) is 52.3 Å². The van der Waals surface area contributed by atoms with Crippen LogP contribution in [0, 0.1) is 0 Å². The Morgan fingerprint density at radius 3 is 2.25 bits per heavy atom. The first-order valence-electron chi connectivity index (χ1n) is 7.69. The van der Waals surface area contributed by atoms with Crippen LogP contribution >= 0.6 is 0 Å². The summed E-state index contributed by atoms with van der Waals surface area (Å²) in [5.41, 5.74) is 1.22. The van der Waals surface area contributed by atoms with Gasteiger partial charge in [-0.1, -0.05) is 0 Å². The van der Waals surface area contributed by atoms with Gasteiger partial charge in [0.05, 0.1) is 0 Å². The van der Waals surface area contributed by atoms with Gasteiger partial charge in [-0.25, -0.2) is 8.42 Å². The lowest BCUT2D eigenvalue weighted by Gasteiger charge is -2.34. The van der Waals surface area contributed by atoms with Crippen molar-refractivity contribution in [1.29, 1.82) is 0 Å². The second kappa shape index (κ2) is 6.66. The van der Waals surface area contributed by atoms with E-state index in [4.69, 9.17) is 0 Å². The summed E-state index contributed by atoms with van der Waals surface area (Å²) in [6.45, 7) is 3.94. The SMILES string of the molecule is CN1CCN(c2ccc(NS(=O)(=O)c3ccc(=O)[nH]c3)cc2)CC1. The maximum absolute atomic E-state index is 12.3. The van der Waals surface area contributed by atoms with Gasteiger partial charge in [0.2, 0.25) is 5.56 Å². The van der Waals surface area contributed by atoms with Crippen molar-refractivity contribution < 1.29 is 8.42 Å². The lowest BCUT2D eigenvalue weighted by Crippen LogP contribution is -2.44. The highest BCUT2D eigenvalue weighted by Crippen LogP contribution is 2.21. The van der Waals surface area contributed by atoms with Crippen molar-refractivity contribution in [2.75, 3.05) is 42.8 Å². The van der Waals surface area contributed by atoms with Crippen molar-refractivity contribution in [3.05, 3.63) is 52.9 Å². The molecule has 0 bridgehead atoms. The molecule has 1 aliphatic rings. The molecule has 2 N–H and O–H groups in total. The monoisotopic (exact) mass is 348 g/mol. The van der Waals surface area contributed by atoms with Gasteiger partial charge < -0.3 is 14.8 Å². The molecule has 1 aromatic carbocycles. The highest BCUT2D eigenvalue weighted by atomic mass is 32.2. The van der Waals surface area contributed by atoms with E-state index in [2.05, 4.69) is 26.6 Å². The fourth-order valence-electron chi connectivity index (χ4n) is 2.58. The highest BCUT2D eigenvalue weighted by molar-refractivity contribution is 7.92. The number of nitrogens with zero attached hydrogens (tertiary/aromatic N) is 2. The Bertz CT molecular complexity index is 833. The van der Waals surface area contributed by atoms with E-state index in [-0.39, 0.29) is 10.5 Å². The van der Waals surface area contributed by atoms with Crippen molar-refractivity contribution in [3.8, 4) is 0 Å². The van der Waals surface area contributed by atoms with E-state index in [1.807, 2.05) is 12.1 Å². The minimum absolute atomic E-state index is 0.0187. The van der Waals surface area contributed by atoms with E-state index in [9.17, 15) is 13.2 Å². The largest absolute Gasteiger partial charge is 0.369 e. The molecule has 128 valence electrons. The number of H-pyrrole nitrogens is 1. The maximum atomic E-state index is 12.3. The number of hydrogen-bond acceptors (Lipinski definition) is 5. The number of likely N-dealkylation sites (N-methyl/N-ethyl adjacent to an activating group) is 1. The molecule has 2 heterocycles. The van der Waals surface area contributed by atoms with Crippen LogP contribution in [0.5, 0.6) is 0 Å². The van der Waals surface area contributed by atoms with Crippen molar-refractivity contribution in [3.63, 3.8) is 0 Å². The number of hydrogen-bond donors (Lipinski definition) is 2. The Kier molecular flexibility index (Phi) is 4.59. The van der Waals surface area contributed by atoms with Crippen molar-refractivity contribution in [2.24, 2.45) is 0 Å². The second-order valence-electron chi connectivity index (χ2n) is 5.83. The summed E-state index contributed by atoms with van der Waals surface area (Å²) in [5.74, 6) is 0. The topological polar surface area (TPSA) is 85.5 Å². The van der Waals surface area contributed by atoms with Crippen LogP contribution in [0.4, 0.5) is 11.4 Å². The van der Waals surface area contributed by atoms with Gasteiger partial charge in [-0.2, -0.15) is 0 Å². The van der Waals surface area contributed by atoms with E-state index < -0.39 is 10.0 Å². The van der Waals surface area contributed by atoms with Gasteiger partial charge in [-0.05, 0) is 37.4 Å². The average Bonchev–Trinajstić information content (AvgIpc) is 2.56. The number of sulfonamides is 1. The lowest BCUT2D eigenvalue weighted by atomic mass is 10.2. The normalized spacial score (nSPS) is 16.1. The number of anilines is 2. The molecule has 0 spiro atoms. The summed E-state index contributed by atoms with van der Waals surface area (Å²) in [7, 11) is -1.61. The quantitative estimate of drug-likeness (QED) is 0.858. The van der Waals surface area contributed by atoms with Crippen LogP contribution in [0.2, 0.25) is 0 Å². The Labute approximate surface area is 141 Å². The summed E-state index contributed by atoms with van der Waals surface area (Å²) in [6.07, 6.45) is 1.18. The molecule has 0 unspecified atom stereocenters. The highest BCUT2D eigenvalue weighted by Gasteiger charge is 2.16.